The van der Waals surface area contributed by atoms with Crippen LogP contribution < -0.4 is 0 Å². The molecule has 1 aromatic rings. The Bertz CT molecular complexity index is 312. The number of ketones is 1. The molecule has 0 saturated carbocycles. The van der Waals surface area contributed by atoms with Crippen LogP contribution in [0.25, 0.3) is 0 Å². The van der Waals surface area contributed by atoms with Gasteiger partial charge in [-0.05, 0) is 24.3 Å². The van der Waals surface area contributed by atoms with Gasteiger partial charge in [0.2, 0.25) is 0 Å². The van der Waals surface area contributed by atoms with Crippen LogP contribution in [0.5, 0.6) is 0 Å². The Balaban J connectivity index is 2.52. The summed E-state index contributed by atoms with van der Waals surface area (Å²) in [7, 11) is 0. The number of halogens is 1. The number of carbonyl (C=O) groups is 1. The van der Waals surface area contributed by atoms with Crippen LogP contribution >= 0.6 is 27.7 Å². The average Bonchev–Trinajstić information content (AvgIpc) is 2.18. The lowest BCUT2D eigenvalue weighted by atomic mass is 10.2. The van der Waals surface area contributed by atoms with Gasteiger partial charge in [0.15, 0.2) is 5.78 Å². The van der Waals surface area contributed by atoms with Gasteiger partial charge in [-0.1, -0.05) is 35.0 Å². The van der Waals surface area contributed by atoms with Gasteiger partial charge in [0.25, 0.3) is 0 Å². The van der Waals surface area contributed by atoms with Crippen molar-refractivity contribution in [1.82, 2.24) is 0 Å². The molecule has 76 valence electrons. The minimum absolute atomic E-state index is 0.213. The molecule has 0 aliphatic carbocycles. The van der Waals surface area contributed by atoms with Crippen molar-refractivity contribution in [1.29, 1.82) is 0 Å². The van der Waals surface area contributed by atoms with Gasteiger partial charge in [0.1, 0.15) is 0 Å². The van der Waals surface area contributed by atoms with Crippen molar-refractivity contribution in [3.63, 3.8) is 0 Å². The van der Waals surface area contributed by atoms with E-state index in [0.29, 0.717) is 5.75 Å². The van der Waals surface area contributed by atoms with Gasteiger partial charge in [-0.2, -0.15) is 11.8 Å². The Hall–Kier alpha value is -0.280. The van der Waals surface area contributed by atoms with Crippen molar-refractivity contribution in [2.45, 2.75) is 13.3 Å². The fraction of sp³-hybridized carbons (Fsp3) is 0.364. The molecule has 14 heavy (non-hydrogen) atoms. The molecule has 0 bridgehead atoms. The lowest BCUT2D eigenvalue weighted by Gasteiger charge is -2.00. The highest BCUT2D eigenvalue weighted by molar-refractivity contribution is 9.10. The van der Waals surface area contributed by atoms with Crippen LogP contribution in [0.4, 0.5) is 0 Å². The summed E-state index contributed by atoms with van der Waals surface area (Å²) in [6.45, 7) is 2.12. The first-order chi connectivity index (χ1) is 6.74. The van der Waals surface area contributed by atoms with Gasteiger partial charge < -0.3 is 0 Å². The number of benzene rings is 1. The van der Waals surface area contributed by atoms with E-state index in [1.165, 1.54) is 0 Å². The molecule has 1 aromatic carbocycles. The molecule has 0 saturated heterocycles. The van der Waals surface area contributed by atoms with Gasteiger partial charge in [-0.15, -0.1) is 0 Å². The minimum atomic E-state index is 0.213. The standard InChI is InChI=1S/C11H13BrOS/c1-2-6-14-8-11(13)9-4-3-5-10(12)7-9/h3-5,7H,2,6,8H2,1H3. The Morgan fingerprint density at radius 3 is 2.93 bits per heavy atom. The van der Waals surface area contributed by atoms with Crippen molar-refractivity contribution < 1.29 is 4.79 Å². The zero-order valence-electron chi connectivity index (χ0n) is 8.13. The Morgan fingerprint density at radius 2 is 2.29 bits per heavy atom. The molecular formula is C11H13BrOS. The first-order valence-electron chi connectivity index (χ1n) is 4.60. The number of thioether (sulfide) groups is 1. The van der Waals surface area contributed by atoms with Crippen LogP contribution in [0.2, 0.25) is 0 Å². The Kier molecular flexibility index (Phi) is 5.26. The molecule has 0 amide bonds. The largest absolute Gasteiger partial charge is 0.293 e. The average molecular weight is 273 g/mol. The highest BCUT2D eigenvalue weighted by Crippen LogP contribution is 2.14. The fourth-order valence-corrected chi connectivity index (χ4v) is 2.24. The molecule has 0 fully saturated rings. The lowest BCUT2D eigenvalue weighted by molar-refractivity contribution is 0.102. The number of hydrogen-bond donors (Lipinski definition) is 0. The van der Waals surface area contributed by atoms with Crippen LogP contribution in [0.15, 0.2) is 28.7 Å². The van der Waals surface area contributed by atoms with E-state index >= 15 is 0 Å². The van der Waals surface area contributed by atoms with Gasteiger partial charge in [0.05, 0.1) is 5.75 Å². The topological polar surface area (TPSA) is 17.1 Å². The van der Waals surface area contributed by atoms with Gasteiger partial charge >= 0.3 is 0 Å². The highest BCUT2D eigenvalue weighted by atomic mass is 79.9. The van der Waals surface area contributed by atoms with E-state index in [-0.39, 0.29) is 5.78 Å². The van der Waals surface area contributed by atoms with Gasteiger partial charge in [-0.25, -0.2) is 0 Å². The second kappa shape index (κ2) is 6.25. The quantitative estimate of drug-likeness (QED) is 0.600. The first-order valence-corrected chi connectivity index (χ1v) is 6.55. The number of Topliss-reactive ketones (excluding diaryl/α,β-unsaturated/α-hetero) is 1. The summed E-state index contributed by atoms with van der Waals surface area (Å²) in [6, 6.07) is 7.55. The second-order valence-electron chi connectivity index (χ2n) is 2.99. The van der Waals surface area contributed by atoms with E-state index in [1.54, 1.807) is 11.8 Å². The van der Waals surface area contributed by atoms with Crippen LogP contribution in [-0.2, 0) is 0 Å². The molecule has 0 spiro atoms. The number of rotatable bonds is 5. The monoisotopic (exact) mass is 272 g/mol. The zero-order chi connectivity index (χ0) is 10.4. The summed E-state index contributed by atoms with van der Waals surface area (Å²) in [4.78, 5) is 11.6. The third-order valence-electron chi connectivity index (χ3n) is 1.73. The first kappa shape index (κ1) is 11.8. The molecule has 0 aliphatic heterocycles. The molecule has 0 aromatic heterocycles. The molecule has 0 unspecified atom stereocenters. The van der Waals surface area contributed by atoms with Crippen molar-refractivity contribution in [2.75, 3.05) is 11.5 Å². The minimum Gasteiger partial charge on any atom is -0.293 e. The fourth-order valence-electron chi connectivity index (χ4n) is 1.05. The Morgan fingerprint density at radius 1 is 1.50 bits per heavy atom. The SMILES string of the molecule is CCCSCC(=O)c1cccc(Br)c1. The molecular weight excluding hydrogens is 260 g/mol. The summed E-state index contributed by atoms with van der Waals surface area (Å²) in [6.07, 6.45) is 1.12. The van der Waals surface area contributed by atoms with Gasteiger partial charge in [0, 0.05) is 10.0 Å². The number of hydrogen-bond acceptors (Lipinski definition) is 2. The molecule has 1 nitrogen and oxygen atoms in total. The normalized spacial score (nSPS) is 10.1. The molecule has 0 radical (unpaired) electrons. The lowest BCUT2D eigenvalue weighted by Crippen LogP contribution is -2.02. The maximum atomic E-state index is 11.6. The van der Waals surface area contributed by atoms with Crippen LogP contribution in [0, 0.1) is 0 Å². The van der Waals surface area contributed by atoms with Gasteiger partial charge in [-0.3, -0.25) is 4.79 Å². The number of carbonyl (C=O) groups excluding carboxylic acids is 1. The van der Waals surface area contributed by atoms with E-state index in [9.17, 15) is 4.79 Å². The smallest absolute Gasteiger partial charge is 0.172 e. The third kappa shape index (κ3) is 3.84. The molecule has 3 heteroatoms. The highest BCUT2D eigenvalue weighted by Gasteiger charge is 2.05. The van der Waals surface area contributed by atoms with Crippen LogP contribution in [0.1, 0.15) is 23.7 Å². The van der Waals surface area contributed by atoms with E-state index < -0.39 is 0 Å². The summed E-state index contributed by atoms with van der Waals surface area (Å²) in [5.74, 6) is 1.86. The zero-order valence-corrected chi connectivity index (χ0v) is 10.5. The molecule has 1 rings (SSSR count). The van der Waals surface area contributed by atoms with Crippen molar-refractivity contribution >= 4 is 33.5 Å². The second-order valence-corrected chi connectivity index (χ2v) is 5.01. The Labute approximate surface area is 97.4 Å². The van der Waals surface area contributed by atoms with E-state index in [1.807, 2.05) is 24.3 Å². The summed E-state index contributed by atoms with van der Waals surface area (Å²) < 4.78 is 0.962. The van der Waals surface area contributed by atoms with Crippen LogP contribution in [0.3, 0.4) is 0 Å². The summed E-state index contributed by atoms with van der Waals surface area (Å²) in [5, 5.41) is 0. The van der Waals surface area contributed by atoms with E-state index in [4.69, 9.17) is 0 Å². The summed E-state index contributed by atoms with van der Waals surface area (Å²) >= 11 is 5.05. The molecule has 0 atom stereocenters. The molecule has 0 aliphatic rings. The molecule has 0 heterocycles. The third-order valence-corrected chi connectivity index (χ3v) is 3.38. The maximum Gasteiger partial charge on any atom is 0.172 e. The summed E-state index contributed by atoms with van der Waals surface area (Å²) in [5.41, 5.74) is 0.794. The predicted octanol–water partition coefficient (Wildman–Crippen LogP) is 3.78. The van der Waals surface area contributed by atoms with Crippen molar-refractivity contribution in [2.24, 2.45) is 0 Å². The predicted molar refractivity (Wildman–Crippen MR) is 66.1 cm³/mol. The maximum absolute atomic E-state index is 11.6. The molecule has 0 N–H and O–H groups in total. The van der Waals surface area contributed by atoms with Crippen molar-refractivity contribution in [3.8, 4) is 0 Å². The van der Waals surface area contributed by atoms with E-state index in [0.717, 1.165) is 22.2 Å². The van der Waals surface area contributed by atoms with E-state index in [2.05, 4.69) is 22.9 Å². The van der Waals surface area contributed by atoms with Crippen LogP contribution in [-0.4, -0.2) is 17.3 Å². The van der Waals surface area contributed by atoms with Crippen molar-refractivity contribution in [3.05, 3.63) is 34.3 Å².